The van der Waals surface area contributed by atoms with Crippen LogP contribution >= 0.6 is 0 Å². The number of amides is 3. The molecule has 0 aliphatic heterocycles. The van der Waals surface area contributed by atoms with Crippen molar-refractivity contribution in [3.05, 3.63) is 90.0 Å². The lowest BCUT2D eigenvalue weighted by molar-refractivity contribution is -0.123. The van der Waals surface area contributed by atoms with Crippen LogP contribution in [0.2, 0.25) is 0 Å². The summed E-state index contributed by atoms with van der Waals surface area (Å²) >= 11 is 0. The third-order valence-electron chi connectivity index (χ3n) is 4.75. The maximum atomic E-state index is 12.2. The number of aryl methyl sites for hydroxylation is 1. The highest BCUT2D eigenvalue weighted by Gasteiger charge is 2.11. The van der Waals surface area contributed by atoms with Crippen LogP contribution in [0.5, 0.6) is 5.75 Å². The molecule has 1 atom stereocenters. The zero-order valence-electron chi connectivity index (χ0n) is 17.7. The summed E-state index contributed by atoms with van der Waals surface area (Å²) in [6.07, 6.45) is 0.916. The summed E-state index contributed by atoms with van der Waals surface area (Å²) in [5.74, 6) is 0.491. The Bertz CT molecular complexity index is 1000. The van der Waals surface area contributed by atoms with Gasteiger partial charge in [0, 0.05) is 11.4 Å². The van der Waals surface area contributed by atoms with Crippen molar-refractivity contribution in [2.24, 2.45) is 0 Å². The molecule has 0 heterocycles. The third-order valence-corrected chi connectivity index (χ3v) is 4.75. The van der Waals surface area contributed by atoms with Crippen molar-refractivity contribution in [3.63, 3.8) is 0 Å². The van der Waals surface area contributed by atoms with Crippen LogP contribution in [0, 0.1) is 0 Å². The number of hydrogen-bond acceptors (Lipinski definition) is 3. The lowest BCUT2D eigenvalue weighted by atomic mass is 10.1. The summed E-state index contributed by atoms with van der Waals surface area (Å²) in [6.45, 7) is 3.93. The molecule has 3 amide bonds. The first kappa shape index (κ1) is 21.9. The number of urea groups is 1. The highest BCUT2D eigenvalue weighted by molar-refractivity contribution is 5.99. The zero-order valence-corrected chi connectivity index (χ0v) is 17.7. The van der Waals surface area contributed by atoms with Gasteiger partial charge in [0.05, 0.1) is 6.04 Å². The number of hydrogen-bond donors (Lipinski definition) is 3. The topological polar surface area (TPSA) is 79.5 Å². The summed E-state index contributed by atoms with van der Waals surface area (Å²) < 4.78 is 5.59. The largest absolute Gasteiger partial charge is 0.484 e. The van der Waals surface area contributed by atoms with E-state index in [1.807, 2.05) is 73.7 Å². The Balaban J connectivity index is 1.47. The molecule has 0 bridgehead atoms. The molecule has 0 aromatic heterocycles. The van der Waals surface area contributed by atoms with E-state index in [0.29, 0.717) is 11.4 Å². The molecule has 0 aliphatic rings. The number of benzene rings is 3. The monoisotopic (exact) mass is 417 g/mol. The quantitative estimate of drug-likeness (QED) is 0.474. The Kier molecular flexibility index (Phi) is 7.65. The Hall–Kier alpha value is -3.80. The van der Waals surface area contributed by atoms with Crippen molar-refractivity contribution in [3.8, 4) is 5.75 Å². The second-order valence-electron chi connectivity index (χ2n) is 7.15. The summed E-state index contributed by atoms with van der Waals surface area (Å²) in [4.78, 5) is 24.3. The molecule has 3 N–H and O–H groups in total. The number of rotatable bonds is 8. The molecular formula is C25H27N3O3. The van der Waals surface area contributed by atoms with Crippen LogP contribution in [0.4, 0.5) is 16.2 Å². The molecule has 6 heteroatoms. The Morgan fingerprint density at radius 2 is 1.55 bits per heavy atom. The van der Waals surface area contributed by atoms with Gasteiger partial charge >= 0.3 is 6.03 Å². The fourth-order valence-electron chi connectivity index (χ4n) is 3.04. The number of carbonyl (C=O) groups excluding carboxylic acids is 2. The number of ether oxygens (including phenoxy) is 1. The molecule has 0 saturated carbocycles. The molecule has 3 aromatic carbocycles. The van der Waals surface area contributed by atoms with E-state index in [0.717, 1.165) is 23.2 Å². The summed E-state index contributed by atoms with van der Waals surface area (Å²) in [5, 5.41) is 8.48. The maximum absolute atomic E-state index is 12.2. The molecule has 1 unspecified atom stereocenters. The number of nitrogens with one attached hydrogen (secondary N) is 3. The first-order valence-electron chi connectivity index (χ1n) is 10.3. The van der Waals surface area contributed by atoms with E-state index in [4.69, 9.17) is 4.74 Å². The normalized spacial score (nSPS) is 11.3. The predicted octanol–water partition coefficient (Wildman–Crippen LogP) is 5.15. The van der Waals surface area contributed by atoms with Crippen LogP contribution in [-0.2, 0) is 11.2 Å². The first-order valence-corrected chi connectivity index (χ1v) is 10.3. The van der Waals surface area contributed by atoms with Gasteiger partial charge in [0.2, 0.25) is 0 Å². The molecule has 0 spiro atoms. The highest BCUT2D eigenvalue weighted by atomic mass is 16.5. The molecule has 6 nitrogen and oxygen atoms in total. The van der Waals surface area contributed by atoms with Crippen LogP contribution in [0.15, 0.2) is 78.9 Å². The van der Waals surface area contributed by atoms with Gasteiger partial charge in [0.15, 0.2) is 6.61 Å². The third kappa shape index (κ3) is 6.89. The molecule has 3 rings (SSSR count). The summed E-state index contributed by atoms with van der Waals surface area (Å²) in [7, 11) is 0. The Morgan fingerprint density at radius 1 is 0.871 bits per heavy atom. The van der Waals surface area contributed by atoms with E-state index in [1.165, 1.54) is 0 Å². The second-order valence-corrected chi connectivity index (χ2v) is 7.15. The highest BCUT2D eigenvalue weighted by Crippen LogP contribution is 2.17. The first-order chi connectivity index (χ1) is 15.0. The summed E-state index contributed by atoms with van der Waals surface area (Å²) in [5.41, 5.74) is 3.47. The van der Waals surface area contributed by atoms with Crippen molar-refractivity contribution in [1.29, 1.82) is 0 Å². The molecule has 0 saturated heterocycles. The van der Waals surface area contributed by atoms with E-state index in [2.05, 4.69) is 22.9 Å². The van der Waals surface area contributed by atoms with Gasteiger partial charge in [-0.1, -0.05) is 49.4 Å². The van der Waals surface area contributed by atoms with Crippen molar-refractivity contribution in [2.45, 2.75) is 26.3 Å². The van der Waals surface area contributed by atoms with Gasteiger partial charge in [-0.2, -0.15) is 0 Å². The second kappa shape index (κ2) is 10.8. The maximum Gasteiger partial charge on any atom is 0.323 e. The summed E-state index contributed by atoms with van der Waals surface area (Å²) in [6, 6.07) is 23.8. The molecule has 31 heavy (non-hydrogen) atoms. The van der Waals surface area contributed by atoms with Gasteiger partial charge in [-0.05, 0) is 60.9 Å². The average Bonchev–Trinajstić information content (AvgIpc) is 2.79. The van der Waals surface area contributed by atoms with Gasteiger partial charge in [-0.3, -0.25) is 4.79 Å². The van der Waals surface area contributed by atoms with Gasteiger partial charge in [-0.15, -0.1) is 0 Å². The molecule has 0 fully saturated rings. The van der Waals surface area contributed by atoms with E-state index in [-0.39, 0.29) is 24.6 Å². The van der Waals surface area contributed by atoms with E-state index in [1.54, 1.807) is 12.1 Å². The van der Waals surface area contributed by atoms with Gasteiger partial charge < -0.3 is 20.7 Å². The molecular weight excluding hydrogens is 390 g/mol. The number of anilines is 2. The van der Waals surface area contributed by atoms with Gasteiger partial charge in [-0.25, -0.2) is 4.79 Å². The molecule has 160 valence electrons. The Labute approximate surface area is 182 Å². The van der Waals surface area contributed by atoms with Crippen LogP contribution in [0.25, 0.3) is 0 Å². The van der Waals surface area contributed by atoms with E-state index < -0.39 is 0 Å². The Morgan fingerprint density at radius 3 is 2.23 bits per heavy atom. The van der Waals surface area contributed by atoms with Crippen molar-refractivity contribution in [2.75, 3.05) is 17.2 Å². The van der Waals surface area contributed by atoms with Crippen LogP contribution in [-0.4, -0.2) is 18.5 Å². The lowest BCUT2D eigenvalue weighted by Crippen LogP contribution is -2.31. The van der Waals surface area contributed by atoms with Crippen molar-refractivity contribution >= 4 is 23.3 Å². The van der Waals surface area contributed by atoms with E-state index in [9.17, 15) is 9.59 Å². The average molecular weight is 418 g/mol. The lowest BCUT2D eigenvalue weighted by Gasteiger charge is -2.16. The van der Waals surface area contributed by atoms with E-state index >= 15 is 0 Å². The van der Waals surface area contributed by atoms with Gasteiger partial charge in [0.1, 0.15) is 5.75 Å². The smallest absolute Gasteiger partial charge is 0.323 e. The number of para-hydroxylation sites is 1. The zero-order chi connectivity index (χ0) is 22.1. The van der Waals surface area contributed by atoms with Crippen LogP contribution in [0.3, 0.4) is 0 Å². The van der Waals surface area contributed by atoms with Crippen molar-refractivity contribution < 1.29 is 14.3 Å². The molecule has 0 aliphatic carbocycles. The predicted molar refractivity (Wildman–Crippen MR) is 123 cm³/mol. The molecule has 3 aromatic rings. The van der Waals surface area contributed by atoms with Gasteiger partial charge in [0.25, 0.3) is 5.91 Å². The van der Waals surface area contributed by atoms with Crippen LogP contribution in [0.1, 0.15) is 31.0 Å². The fourth-order valence-corrected chi connectivity index (χ4v) is 3.04. The minimum atomic E-state index is -0.315. The molecule has 0 radical (unpaired) electrons. The standard InChI is InChI=1S/C25H27N3O3/c1-3-19-8-7-11-23(16-19)31-17-24(29)26-18(2)20-12-14-22(15-13-20)28-25(30)27-21-9-5-4-6-10-21/h4-16,18H,3,17H2,1-2H3,(H,26,29)(H2,27,28,30). The number of carbonyl (C=O) groups is 2. The SMILES string of the molecule is CCc1cccc(OCC(=O)NC(C)c2ccc(NC(=O)Nc3ccccc3)cc2)c1. The van der Waals surface area contributed by atoms with Crippen LogP contribution < -0.4 is 20.7 Å². The fraction of sp³-hybridized carbons (Fsp3) is 0.200. The minimum Gasteiger partial charge on any atom is -0.484 e. The minimum absolute atomic E-state index is 0.0448. The van der Waals surface area contributed by atoms with Crippen molar-refractivity contribution in [1.82, 2.24) is 5.32 Å².